The smallest absolute Gasteiger partial charge is 0.406 e. The highest BCUT2D eigenvalue weighted by atomic mass is 19.4. The van der Waals surface area contributed by atoms with Gasteiger partial charge in [0.15, 0.2) is 0 Å². The zero-order valence-corrected chi connectivity index (χ0v) is 12.6. The molecule has 0 aliphatic rings. The summed E-state index contributed by atoms with van der Waals surface area (Å²) in [6, 6.07) is 4.24. The molecule has 0 aromatic heterocycles. The molecule has 6 nitrogen and oxygen atoms in total. The molecule has 128 valence electrons. The SMILES string of the molecule is COCC(NC(C)=O)C(=O)NCc1ccc(OC(F)(F)F)cc1. The first kappa shape index (κ1) is 18.8. The molecule has 0 radical (unpaired) electrons. The van der Waals surface area contributed by atoms with Crippen LogP contribution < -0.4 is 15.4 Å². The van der Waals surface area contributed by atoms with Crippen LogP contribution in [0.1, 0.15) is 12.5 Å². The number of hydrogen-bond donors (Lipinski definition) is 2. The molecule has 0 heterocycles. The summed E-state index contributed by atoms with van der Waals surface area (Å²) in [5.41, 5.74) is 0.576. The Kier molecular flexibility index (Phi) is 6.83. The third kappa shape index (κ3) is 7.50. The lowest BCUT2D eigenvalue weighted by atomic mass is 10.2. The van der Waals surface area contributed by atoms with E-state index in [1.165, 1.54) is 26.2 Å². The van der Waals surface area contributed by atoms with Gasteiger partial charge in [0, 0.05) is 20.6 Å². The molecule has 0 aliphatic heterocycles. The lowest BCUT2D eigenvalue weighted by molar-refractivity contribution is -0.274. The molecular weight excluding hydrogens is 317 g/mol. The van der Waals surface area contributed by atoms with E-state index < -0.39 is 18.3 Å². The zero-order valence-electron chi connectivity index (χ0n) is 12.6. The summed E-state index contributed by atoms with van der Waals surface area (Å²) < 4.78 is 44.7. The van der Waals surface area contributed by atoms with Gasteiger partial charge < -0.3 is 20.1 Å². The normalized spacial score (nSPS) is 12.4. The summed E-state index contributed by atoms with van der Waals surface area (Å²) in [6.07, 6.45) is -4.75. The van der Waals surface area contributed by atoms with Crippen molar-refractivity contribution in [1.82, 2.24) is 10.6 Å². The van der Waals surface area contributed by atoms with E-state index in [-0.39, 0.29) is 24.8 Å². The minimum atomic E-state index is -4.75. The van der Waals surface area contributed by atoms with Crippen molar-refractivity contribution in [2.45, 2.75) is 25.9 Å². The average Bonchev–Trinajstić information content (AvgIpc) is 2.43. The fourth-order valence-electron chi connectivity index (χ4n) is 1.72. The van der Waals surface area contributed by atoms with E-state index in [0.717, 1.165) is 12.1 Å². The van der Waals surface area contributed by atoms with Crippen molar-refractivity contribution in [3.05, 3.63) is 29.8 Å². The van der Waals surface area contributed by atoms with E-state index in [9.17, 15) is 22.8 Å². The fourth-order valence-corrected chi connectivity index (χ4v) is 1.72. The van der Waals surface area contributed by atoms with Crippen LogP contribution in [0.4, 0.5) is 13.2 Å². The van der Waals surface area contributed by atoms with Crippen molar-refractivity contribution in [1.29, 1.82) is 0 Å². The Morgan fingerprint density at radius 1 is 1.22 bits per heavy atom. The first-order chi connectivity index (χ1) is 10.7. The molecule has 1 unspecified atom stereocenters. The average molecular weight is 334 g/mol. The maximum Gasteiger partial charge on any atom is 0.573 e. The van der Waals surface area contributed by atoms with Crippen LogP contribution in [-0.4, -0.2) is 37.9 Å². The maximum atomic E-state index is 12.0. The minimum Gasteiger partial charge on any atom is -0.406 e. The predicted molar refractivity (Wildman–Crippen MR) is 74.5 cm³/mol. The molecule has 2 amide bonds. The number of amides is 2. The molecule has 0 spiro atoms. The van der Waals surface area contributed by atoms with E-state index in [1.807, 2.05) is 0 Å². The number of alkyl halides is 3. The summed E-state index contributed by atoms with van der Waals surface area (Å²) in [5, 5.41) is 4.99. The van der Waals surface area contributed by atoms with Crippen LogP contribution in [0, 0.1) is 0 Å². The molecule has 0 aliphatic carbocycles. The van der Waals surface area contributed by atoms with Crippen molar-refractivity contribution in [3.8, 4) is 5.75 Å². The molecule has 9 heteroatoms. The highest BCUT2D eigenvalue weighted by molar-refractivity contribution is 5.86. The molecule has 0 fully saturated rings. The van der Waals surface area contributed by atoms with Gasteiger partial charge in [-0.25, -0.2) is 0 Å². The molecule has 2 N–H and O–H groups in total. The van der Waals surface area contributed by atoms with Crippen LogP contribution in [0.3, 0.4) is 0 Å². The largest absolute Gasteiger partial charge is 0.573 e. The first-order valence-corrected chi connectivity index (χ1v) is 6.59. The van der Waals surface area contributed by atoms with E-state index in [4.69, 9.17) is 4.74 Å². The third-order valence-electron chi connectivity index (χ3n) is 2.65. The highest BCUT2D eigenvalue weighted by Crippen LogP contribution is 2.22. The van der Waals surface area contributed by atoms with Gasteiger partial charge in [-0.2, -0.15) is 0 Å². The van der Waals surface area contributed by atoms with Gasteiger partial charge in [0.25, 0.3) is 0 Å². The van der Waals surface area contributed by atoms with Gasteiger partial charge in [0.05, 0.1) is 6.61 Å². The third-order valence-corrected chi connectivity index (χ3v) is 2.65. The second-order valence-electron chi connectivity index (χ2n) is 4.62. The predicted octanol–water partition coefficient (Wildman–Crippen LogP) is 1.35. The number of halogens is 3. The number of methoxy groups -OCH3 is 1. The van der Waals surface area contributed by atoms with E-state index in [1.54, 1.807) is 0 Å². The summed E-state index contributed by atoms with van der Waals surface area (Å²) in [7, 11) is 1.39. The van der Waals surface area contributed by atoms with Crippen LogP contribution in [-0.2, 0) is 20.9 Å². The van der Waals surface area contributed by atoms with Gasteiger partial charge in [-0.3, -0.25) is 9.59 Å². The zero-order chi connectivity index (χ0) is 17.5. The summed E-state index contributed by atoms with van der Waals surface area (Å²) in [4.78, 5) is 22.9. The number of carbonyl (C=O) groups is 2. The Hall–Kier alpha value is -2.29. The Morgan fingerprint density at radius 3 is 2.30 bits per heavy atom. The summed E-state index contributed by atoms with van der Waals surface area (Å²) >= 11 is 0. The molecule has 1 rings (SSSR count). The molecule has 0 bridgehead atoms. The highest BCUT2D eigenvalue weighted by Gasteiger charge is 2.30. The summed E-state index contributed by atoms with van der Waals surface area (Å²) in [6.45, 7) is 1.37. The van der Waals surface area contributed by atoms with Gasteiger partial charge in [0.1, 0.15) is 11.8 Å². The lowest BCUT2D eigenvalue weighted by Gasteiger charge is -2.16. The van der Waals surface area contributed by atoms with Crippen molar-refractivity contribution in [3.63, 3.8) is 0 Å². The van der Waals surface area contributed by atoms with Crippen molar-refractivity contribution < 1.29 is 32.2 Å². The number of ether oxygens (including phenoxy) is 2. The van der Waals surface area contributed by atoms with Crippen LogP contribution >= 0.6 is 0 Å². The van der Waals surface area contributed by atoms with Gasteiger partial charge >= 0.3 is 6.36 Å². The molecule has 1 aromatic rings. The molecular formula is C14H17F3N2O4. The lowest BCUT2D eigenvalue weighted by Crippen LogP contribution is -2.48. The molecule has 23 heavy (non-hydrogen) atoms. The first-order valence-electron chi connectivity index (χ1n) is 6.59. The van der Waals surface area contributed by atoms with E-state index >= 15 is 0 Å². The van der Waals surface area contributed by atoms with Gasteiger partial charge in [-0.1, -0.05) is 12.1 Å². The number of rotatable bonds is 7. The van der Waals surface area contributed by atoms with Crippen molar-refractivity contribution >= 4 is 11.8 Å². The number of hydrogen-bond acceptors (Lipinski definition) is 4. The van der Waals surface area contributed by atoms with Gasteiger partial charge in [-0.05, 0) is 17.7 Å². The second kappa shape index (κ2) is 8.37. The summed E-state index contributed by atoms with van der Waals surface area (Å²) in [5.74, 6) is -1.18. The Balaban J connectivity index is 2.56. The topological polar surface area (TPSA) is 76.7 Å². The Morgan fingerprint density at radius 2 is 1.83 bits per heavy atom. The Bertz CT molecular complexity index is 532. The molecule has 1 aromatic carbocycles. The second-order valence-corrected chi connectivity index (χ2v) is 4.62. The molecule has 0 saturated heterocycles. The van der Waals surface area contributed by atoms with Gasteiger partial charge in [0.2, 0.25) is 11.8 Å². The monoisotopic (exact) mass is 334 g/mol. The number of carbonyl (C=O) groups excluding carboxylic acids is 2. The van der Waals surface area contributed by atoms with Crippen molar-refractivity contribution in [2.75, 3.05) is 13.7 Å². The van der Waals surface area contributed by atoms with Crippen LogP contribution in [0.5, 0.6) is 5.75 Å². The maximum absolute atomic E-state index is 12.0. The van der Waals surface area contributed by atoms with Crippen LogP contribution in [0.2, 0.25) is 0 Å². The van der Waals surface area contributed by atoms with Crippen LogP contribution in [0.15, 0.2) is 24.3 Å². The molecule has 0 saturated carbocycles. The fraction of sp³-hybridized carbons (Fsp3) is 0.429. The van der Waals surface area contributed by atoms with E-state index in [0.29, 0.717) is 5.56 Å². The quantitative estimate of drug-likeness (QED) is 0.789. The number of nitrogens with one attached hydrogen (secondary N) is 2. The Labute approximate surface area is 130 Å². The molecule has 1 atom stereocenters. The number of benzene rings is 1. The van der Waals surface area contributed by atoms with Crippen LogP contribution in [0.25, 0.3) is 0 Å². The van der Waals surface area contributed by atoms with E-state index in [2.05, 4.69) is 15.4 Å². The standard InChI is InChI=1S/C14H17F3N2O4/c1-9(20)19-12(8-22-2)13(21)18-7-10-3-5-11(6-4-10)23-14(15,16)17/h3-6,12H,7-8H2,1-2H3,(H,18,21)(H,19,20). The minimum absolute atomic E-state index is 0.00374. The van der Waals surface area contributed by atoms with Gasteiger partial charge in [-0.15, -0.1) is 13.2 Å². The van der Waals surface area contributed by atoms with Crippen molar-refractivity contribution in [2.24, 2.45) is 0 Å².